The summed E-state index contributed by atoms with van der Waals surface area (Å²) in [6.07, 6.45) is 17.0. The first-order chi connectivity index (χ1) is 27.1. The molecule has 4 rings (SSSR count). The Morgan fingerprint density at radius 1 is 0.482 bits per heavy atom. The quantitative estimate of drug-likeness (QED) is 0.0589. The Morgan fingerprint density at radius 3 is 1.23 bits per heavy atom. The van der Waals surface area contributed by atoms with Crippen LogP contribution in [0.25, 0.3) is 22.3 Å². The summed E-state index contributed by atoms with van der Waals surface area (Å²) in [4.78, 5) is 36.7. The number of carbonyl (C=O) groups excluding carboxylic acids is 3. The minimum absolute atomic E-state index is 0.374. The fourth-order valence-electron chi connectivity index (χ4n) is 7.23. The monoisotopic (exact) mass is 762 g/mol. The van der Waals surface area contributed by atoms with Crippen LogP contribution < -0.4 is 31.6 Å². The first kappa shape index (κ1) is 43.4. The molecule has 4 aromatic rings. The van der Waals surface area contributed by atoms with Gasteiger partial charge in [0.05, 0.1) is 0 Å². The Labute approximate surface area is 333 Å². The zero-order valence-electron chi connectivity index (χ0n) is 33.9. The molecule has 0 unspecified atom stereocenters. The molecule has 0 atom stereocenters. The largest absolute Gasteiger partial charge is 0.410 e. The normalized spacial score (nSPS) is 10.9. The van der Waals surface area contributed by atoms with E-state index >= 15 is 0 Å². The summed E-state index contributed by atoms with van der Waals surface area (Å²) < 4.78 is 10.5. The summed E-state index contributed by atoms with van der Waals surface area (Å²) in [6, 6.07) is 22.5. The number of unbranched alkanes of at least 4 members (excludes halogenated alkanes) is 12. The van der Waals surface area contributed by atoms with Crippen molar-refractivity contribution in [2.24, 2.45) is 11.5 Å². The number of urea groups is 1. The topological polar surface area (TPSA) is 146 Å². The van der Waals surface area contributed by atoms with Crippen LogP contribution in [0.1, 0.15) is 126 Å². The molecular weight excluding hydrogens is 701 g/mol. The molecule has 4 aromatic carbocycles. The van der Waals surface area contributed by atoms with E-state index < -0.39 is 18.2 Å². The van der Waals surface area contributed by atoms with E-state index in [1.807, 2.05) is 74.5 Å². The summed E-state index contributed by atoms with van der Waals surface area (Å²) in [5.74, 6) is 0.748. The first-order valence-electron chi connectivity index (χ1n) is 20.6. The Kier molecular flexibility index (Phi) is 17.8. The Morgan fingerprint density at radius 2 is 0.857 bits per heavy atom. The fraction of sp³-hybridized carbons (Fsp3) is 0.426. The average Bonchev–Trinajstić information content (AvgIpc) is 3.16. The van der Waals surface area contributed by atoms with Crippen LogP contribution in [0.2, 0.25) is 0 Å². The maximum Gasteiger partial charge on any atom is 0.409 e. The highest BCUT2D eigenvalue weighted by molar-refractivity contribution is 6.00. The van der Waals surface area contributed by atoms with E-state index in [-0.39, 0.29) is 0 Å². The van der Waals surface area contributed by atoms with Gasteiger partial charge in [-0.05, 0) is 133 Å². The van der Waals surface area contributed by atoms with Crippen molar-refractivity contribution in [1.29, 1.82) is 0 Å². The lowest BCUT2D eigenvalue weighted by atomic mass is 9.92. The average molecular weight is 763 g/mol. The molecule has 0 aromatic heterocycles. The molecule has 0 aliphatic carbocycles. The predicted octanol–water partition coefficient (Wildman–Crippen LogP) is 12.8. The molecule has 4 amide bonds. The molecule has 300 valence electrons. The molecular formula is C47H62N4O5. The third-order valence-electron chi connectivity index (χ3n) is 10.3. The molecule has 9 nitrogen and oxygen atoms in total. The van der Waals surface area contributed by atoms with Gasteiger partial charge in [-0.15, -0.1) is 0 Å². The number of hydrogen-bond donors (Lipinski definition) is 4. The summed E-state index contributed by atoms with van der Waals surface area (Å²) in [6.45, 7) is 8.51. The number of primary amides is 2. The lowest BCUT2D eigenvalue weighted by Crippen LogP contribution is -2.19. The van der Waals surface area contributed by atoms with E-state index in [2.05, 4.69) is 24.5 Å². The van der Waals surface area contributed by atoms with Crippen molar-refractivity contribution in [3.05, 3.63) is 95.1 Å². The SMILES string of the molecule is CCCCCCCCCc1ccc(OC(N)=O)cc1-c1cc(NC(=O)Nc2ccc(C)c(-c3cc(OC(N)=O)ccc3CCCCCCCCC)c2)ccc1C. The summed E-state index contributed by atoms with van der Waals surface area (Å²) in [5, 5.41) is 6.02. The van der Waals surface area contributed by atoms with Gasteiger partial charge in [0.2, 0.25) is 0 Å². The molecule has 0 fully saturated rings. The number of amides is 4. The molecule has 0 saturated heterocycles. The lowest BCUT2D eigenvalue weighted by molar-refractivity contribution is 0.210. The molecule has 6 N–H and O–H groups in total. The number of rotatable bonds is 22. The zero-order chi connectivity index (χ0) is 40.3. The van der Waals surface area contributed by atoms with Gasteiger partial charge in [0.25, 0.3) is 0 Å². The van der Waals surface area contributed by atoms with Crippen molar-refractivity contribution in [1.82, 2.24) is 0 Å². The second kappa shape index (κ2) is 22.9. The molecule has 0 spiro atoms. The number of aryl methyl sites for hydroxylation is 4. The van der Waals surface area contributed by atoms with Crippen LogP contribution >= 0.6 is 0 Å². The van der Waals surface area contributed by atoms with E-state index in [4.69, 9.17) is 20.9 Å². The summed E-state index contributed by atoms with van der Waals surface area (Å²) in [5.41, 5.74) is 20.0. The van der Waals surface area contributed by atoms with E-state index in [9.17, 15) is 14.4 Å². The van der Waals surface area contributed by atoms with Gasteiger partial charge in [0, 0.05) is 11.4 Å². The van der Waals surface area contributed by atoms with Gasteiger partial charge in [0.1, 0.15) is 11.5 Å². The highest BCUT2D eigenvalue weighted by Crippen LogP contribution is 2.35. The number of nitrogens with one attached hydrogen (secondary N) is 2. The van der Waals surface area contributed by atoms with Gasteiger partial charge < -0.3 is 31.6 Å². The van der Waals surface area contributed by atoms with Crippen LogP contribution in [0.15, 0.2) is 72.8 Å². The van der Waals surface area contributed by atoms with Crippen LogP contribution in [-0.4, -0.2) is 18.2 Å². The Hall–Kier alpha value is -5.31. The van der Waals surface area contributed by atoms with E-state index in [0.717, 1.165) is 83.0 Å². The van der Waals surface area contributed by atoms with Gasteiger partial charge in [0.15, 0.2) is 0 Å². The molecule has 9 heteroatoms. The molecule has 0 saturated carbocycles. The number of nitrogens with two attached hydrogens (primary N) is 2. The zero-order valence-corrected chi connectivity index (χ0v) is 33.9. The molecule has 0 heterocycles. The van der Waals surface area contributed by atoms with Crippen LogP contribution in [0, 0.1) is 13.8 Å². The minimum atomic E-state index is -0.866. The minimum Gasteiger partial charge on any atom is -0.410 e. The van der Waals surface area contributed by atoms with Gasteiger partial charge in [-0.3, -0.25) is 0 Å². The highest BCUT2D eigenvalue weighted by Gasteiger charge is 2.15. The van der Waals surface area contributed by atoms with Crippen molar-refractivity contribution in [2.45, 2.75) is 130 Å². The second-order valence-electron chi connectivity index (χ2n) is 14.9. The smallest absolute Gasteiger partial charge is 0.409 e. The fourth-order valence-corrected chi connectivity index (χ4v) is 7.23. The van der Waals surface area contributed by atoms with E-state index in [1.54, 1.807) is 12.1 Å². The molecule has 56 heavy (non-hydrogen) atoms. The number of carbonyl (C=O) groups is 3. The third kappa shape index (κ3) is 14.1. The standard InChI is InChI=1S/C47H62N4O5/c1-5-7-9-11-13-15-17-19-35-23-27-39(55-45(48)52)31-43(35)41-29-37(25-21-33(41)3)50-47(54)51-38-26-22-34(4)42(30-38)44-32-40(56-46(49)53)28-24-36(44)20-18-16-14-12-10-8-6-2/h21-32H,5-20H2,1-4H3,(H2,48,52)(H2,49,53)(H2,50,51,54). The van der Waals surface area contributed by atoms with Crippen LogP contribution in [0.5, 0.6) is 11.5 Å². The van der Waals surface area contributed by atoms with Crippen LogP contribution in [0.3, 0.4) is 0 Å². The number of anilines is 2. The molecule has 0 aliphatic rings. The van der Waals surface area contributed by atoms with Gasteiger partial charge >= 0.3 is 18.2 Å². The van der Waals surface area contributed by atoms with Crippen molar-refractivity contribution in [3.63, 3.8) is 0 Å². The van der Waals surface area contributed by atoms with Gasteiger partial charge in [-0.25, -0.2) is 14.4 Å². The van der Waals surface area contributed by atoms with Crippen LogP contribution in [-0.2, 0) is 12.8 Å². The Bertz CT molecular complexity index is 1770. The summed E-state index contributed by atoms with van der Waals surface area (Å²) in [7, 11) is 0. The molecule has 0 radical (unpaired) electrons. The Balaban J connectivity index is 1.52. The second-order valence-corrected chi connectivity index (χ2v) is 14.9. The first-order valence-corrected chi connectivity index (χ1v) is 20.6. The van der Waals surface area contributed by atoms with Crippen molar-refractivity contribution < 1.29 is 23.9 Å². The van der Waals surface area contributed by atoms with Crippen molar-refractivity contribution in [2.75, 3.05) is 10.6 Å². The van der Waals surface area contributed by atoms with Gasteiger partial charge in [-0.2, -0.15) is 0 Å². The van der Waals surface area contributed by atoms with Crippen molar-refractivity contribution >= 4 is 29.6 Å². The maximum atomic E-state index is 13.5. The molecule has 0 aliphatic heterocycles. The van der Waals surface area contributed by atoms with E-state index in [1.165, 1.54) is 64.2 Å². The van der Waals surface area contributed by atoms with Crippen LogP contribution in [0.4, 0.5) is 25.8 Å². The highest BCUT2D eigenvalue weighted by atomic mass is 16.6. The van der Waals surface area contributed by atoms with E-state index in [0.29, 0.717) is 22.9 Å². The number of hydrogen-bond acceptors (Lipinski definition) is 5. The molecule has 0 bridgehead atoms. The maximum absolute atomic E-state index is 13.5. The number of benzene rings is 4. The van der Waals surface area contributed by atoms with Crippen molar-refractivity contribution in [3.8, 4) is 33.8 Å². The lowest BCUT2D eigenvalue weighted by Gasteiger charge is -2.17. The third-order valence-corrected chi connectivity index (χ3v) is 10.3. The predicted molar refractivity (Wildman–Crippen MR) is 230 cm³/mol. The summed E-state index contributed by atoms with van der Waals surface area (Å²) >= 11 is 0. The number of ether oxygens (including phenoxy) is 2. The van der Waals surface area contributed by atoms with Gasteiger partial charge in [-0.1, -0.05) is 115 Å².